The summed E-state index contributed by atoms with van der Waals surface area (Å²) in [5.41, 5.74) is 5.95. The number of likely N-dealkylation sites (tertiary alicyclic amines) is 1. The lowest BCUT2D eigenvalue weighted by molar-refractivity contribution is -0.138. The van der Waals surface area contributed by atoms with Crippen molar-refractivity contribution < 1.29 is 9.53 Å². The summed E-state index contributed by atoms with van der Waals surface area (Å²) in [5.74, 6) is 1.48. The molecule has 2 aliphatic heterocycles. The first kappa shape index (κ1) is 17.0. The third-order valence-corrected chi connectivity index (χ3v) is 5.13. The Morgan fingerprint density at radius 1 is 1.38 bits per heavy atom. The zero-order valence-electron chi connectivity index (χ0n) is 14.4. The molecular formula is C17H27N5O2. The second-order valence-electron chi connectivity index (χ2n) is 6.97. The number of rotatable bonds is 5. The van der Waals surface area contributed by atoms with Gasteiger partial charge >= 0.3 is 0 Å². The van der Waals surface area contributed by atoms with Crippen molar-refractivity contribution in [2.45, 2.75) is 32.1 Å². The van der Waals surface area contributed by atoms with Crippen LogP contribution in [0, 0.1) is 5.41 Å². The molecule has 1 unspecified atom stereocenters. The standard InChI is InChI=1S/C17H27N5O2/c1-24-11-3-10-21-12-17(7-4-15(21)23)6-2-9-22(13-17)16-19-8-5-14(18)20-16/h5,8H,2-4,6-7,9-13H2,1H3,(H2,18,19,20). The van der Waals surface area contributed by atoms with E-state index in [2.05, 4.69) is 14.9 Å². The number of amides is 1. The van der Waals surface area contributed by atoms with E-state index in [1.807, 2.05) is 4.90 Å². The van der Waals surface area contributed by atoms with Gasteiger partial charge in [-0.15, -0.1) is 0 Å². The smallest absolute Gasteiger partial charge is 0.227 e. The summed E-state index contributed by atoms with van der Waals surface area (Å²) in [4.78, 5) is 25.2. The van der Waals surface area contributed by atoms with Crippen LogP contribution in [0.4, 0.5) is 11.8 Å². The fraction of sp³-hybridized carbons (Fsp3) is 0.706. The number of anilines is 2. The zero-order valence-corrected chi connectivity index (χ0v) is 14.4. The van der Waals surface area contributed by atoms with Gasteiger partial charge in [0, 0.05) is 57.9 Å². The first-order chi connectivity index (χ1) is 11.6. The fourth-order valence-electron chi connectivity index (χ4n) is 3.93. The molecule has 3 heterocycles. The summed E-state index contributed by atoms with van der Waals surface area (Å²) >= 11 is 0. The Hall–Kier alpha value is -1.89. The van der Waals surface area contributed by atoms with Gasteiger partial charge in [-0.05, 0) is 31.7 Å². The molecule has 0 bridgehead atoms. The maximum Gasteiger partial charge on any atom is 0.227 e. The van der Waals surface area contributed by atoms with Crippen molar-refractivity contribution >= 4 is 17.7 Å². The minimum Gasteiger partial charge on any atom is -0.385 e. The molecule has 1 aromatic rings. The fourth-order valence-corrected chi connectivity index (χ4v) is 3.93. The van der Waals surface area contributed by atoms with Crippen LogP contribution in [0.5, 0.6) is 0 Å². The van der Waals surface area contributed by atoms with E-state index in [4.69, 9.17) is 10.5 Å². The molecule has 2 aliphatic rings. The molecule has 0 radical (unpaired) electrons. The Balaban J connectivity index is 1.69. The monoisotopic (exact) mass is 333 g/mol. The van der Waals surface area contributed by atoms with E-state index in [-0.39, 0.29) is 11.3 Å². The van der Waals surface area contributed by atoms with Crippen molar-refractivity contribution in [3.8, 4) is 0 Å². The minimum atomic E-state index is 0.146. The van der Waals surface area contributed by atoms with Crippen LogP contribution >= 0.6 is 0 Å². The predicted octanol–water partition coefficient (Wildman–Crippen LogP) is 1.30. The number of nitrogen functional groups attached to an aromatic ring is 1. The number of nitrogens with two attached hydrogens (primary N) is 1. The Morgan fingerprint density at radius 2 is 2.25 bits per heavy atom. The molecule has 2 N–H and O–H groups in total. The molecule has 1 atom stereocenters. The maximum absolute atomic E-state index is 12.2. The first-order valence-electron chi connectivity index (χ1n) is 8.72. The average molecular weight is 333 g/mol. The van der Waals surface area contributed by atoms with E-state index in [9.17, 15) is 4.79 Å². The SMILES string of the molecule is COCCCN1CC2(CCCN(c3nccc(N)n3)C2)CCC1=O. The number of ether oxygens (including phenoxy) is 1. The Labute approximate surface area is 143 Å². The van der Waals surface area contributed by atoms with Gasteiger partial charge in [0.15, 0.2) is 0 Å². The van der Waals surface area contributed by atoms with Gasteiger partial charge in [-0.2, -0.15) is 4.98 Å². The van der Waals surface area contributed by atoms with Crippen molar-refractivity contribution in [2.75, 3.05) is 50.5 Å². The van der Waals surface area contributed by atoms with Gasteiger partial charge in [0.05, 0.1) is 0 Å². The Morgan fingerprint density at radius 3 is 3.04 bits per heavy atom. The maximum atomic E-state index is 12.2. The molecule has 2 saturated heterocycles. The van der Waals surface area contributed by atoms with Gasteiger partial charge in [-0.3, -0.25) is 4.79 Å². The van der Waals surface area contributed by atoms with Gasteiger partial charge < -0.3 is 20.3 Å². The quantitative estimate of drug-likeness (QED) is 0.818. The molecule has 24 heavy (non-hydrogen) atoms. The third kappa shape index (κ3) is 3.77. The van der Waals surface area contributed by atoms with Gasteiger partial charge in [0.25, 0.3) is 0 Å². The largest absolute Gasteiger partial charge is 0.385 e. The van der Waals surface area contributed by atoms with Crippen molar-refractivity contribution in [3.63, 3.8) is 0 Å². The highest BCUT2D eigenvalue weighted by Crippen LogP contribution is 2.39. The molecular weight excluding hydrogens is 306 g/mol. The van der Waals surface area contributed by atoms with Crippen molar-refractivity contribution in [1.82, 2.24) is 14.9 Å². The van der Waals surface area contributed by atoms with Gasteiger partial charge in [0.2, 0.25) is 11.9 Å². The number of methoxy groups -OCH3 is 1. The number of carbonyl (C=O) groups excluding carboxylic acids is 1. The summed E-state index contributed by atoms with van der Waals surface area (Å²) in [6, 6.07) is 1.71. The van der Waals surface area contributed by atoms with E-state index >= 15 is 0 Å². The number of piperidine rings is 2. The topological polar surface area (TPSA) is 84.6 Å². The van der Waals surface area contributed by atoms with Crippen LogP contribution in [0.3, 0.4) is 0 Å². The lowest BCUT2D eigenvalue weighted by atomic mass is 9.73. The van der Waals surface area contributed by atoms with Crippen molar-refractivity contribution in [2.24, 2.45) is 5.41 Å². The summed E-state index contributed by atoms with van der Waals surface area (Å²) in [6.07, 6.45) is 6.43. The number of carbonyl (C=O) groups is 1. The normalized spacial score (nSPS) is 24.6. The van der Waals surface area contributed by atoms with Gasteiger partial charge in [-0.1, -0.05) is 0 Å². The lowest BCUT2D eigenvalue weighted by Crippen LogP contribution is -2.54. The second-order valence-corrected chi connectivity index (χ2v) is 6.97. The average Bonchev–Trinajstić information content (AvgIpc) is 2.59. The number of aromatic nitrogens is 2. The molecule has 1 spiro atoms. The molecule has 2 fully saturated rings. The highest BCUT2D eigenvalue weighted by molar-refractivity contribution is 5.77. The van der Waals surface area contributed by atoms with E-state index in [1.54, 1.807) is 19.4 Å². The molecule has 7 nitrogen and oxygen atoms in total. The number of nitrogens with zero attached hydrogens (tertiary/aromatic N) is 4. The second kappa shape index (κ2) is 7.34. The lowest BCUT2D eigenvalue weighted by Gasteiger charge is -2.48. The van der Waals surface area contributed by atoms with Gasteiger partial charge in [-0.25, -0.2) is 4.98 Å². The Bertz CT molecular complexity index is 582. The van der Waals surface area contributed by atoms with Crippen LogP contribution in [-0.2, 0) is 9.53 Å². The molecule has 0 saturated carbocycles. The van der Waals surface area contributed by atoms with Crippen LogP contribution < -0.4 is 10.6 Å². The molecule has 132 valence electrons. The number of hydrogen-bond donors (Lipinski definition) is 1. The van der Waals surface area contributed by atoms with Crippen LogP contribution in [0.2, 0.25) is 0 Å². The zero-order chi connectivity index (χ0) is 17.0. The Kier molecular flexibility index (Phi) is 5.18. The summed E-state index contributed by atoms with van der Waals surface area (Å²) in [6.45, 7) is 4.14. The highest BCUT2D eigenvalue weighted by atomic mass is 16.5. The van der Waals surface area contributed by atoms with Crippen LogP contribution in [0.25, 0.3) is 0 Å². The molecule has 3 rings (SSSR count). The third-order valence-electron chi connectivity index (χ3n) is 5.13. The molecule has 1 aromatic heterocycles. The summed E-state index contributed by atoms with van der Waals surface area (Å²) in [5, 5.41) is 0. The molecule has 7 heteroatoms. The van der Waals surface area contributed by atoms with Crippen LogP contribution in [-0.4, -0.2) is 60.7 Å². The first-order valence-corrected chi connectivity index (χ1v) is 8.72. The minimum absolute atomic E-state index is 0.146. The number of hydrogen-bond acceptors (Lipinski definition) is 6. The van der Waals surface area contributed by atoms with E-state index in [1.165, 1.54) is 0 Å². The summed E-state index contributed by atoms with van der Waals surface area (Å²) < 4.78 is 5.12. The van der Waals surface area contributed by atoms with Gasteiger partial charge in [0.1, 0.15) is 5.82 Å². The van der Waals surface area contributed by atoms with Crippen molar-refractivity contribution in [1.29, 1.82) is 0 Å². The van der Waals surface area contributed by atoms with E-state index in [0.29, 0.717) is 24.8 Å². The highest BCUT2D eigenvalue weighted by Gasteiger charge is 2.42. The van der Waals surface area contributed by atoms with Crippen LogP contribution in [0.15, 0.2) is 12.3 Å². The molecule has 1 amide bonds. The van der Waals surface area contributed by atoms with E-state index < -0.39 is 0 Å². The predicted molar refractivity (Wildman–Crippen MR) is 92.6 cm³/mol. The van der Waals surface area contributed by atoms with Crippen LogP contribution in [0.1, 0.15) is 32.1 Å². The van der Waals surface area contributed by atoms with E-state index in [0.717, 1.165) is 51.9 Å². The van der Waals surface area contributed by atoms with Crippen molar-refractivity contribution in [3.05, 3.63) is 12.3 Å². The molecule has 0 aliphatic carbocycles. The molecule has 0 aromatic carbocycles. The summed E-state index contributed by atoms with van der Waals surface area (Å²) in [7, 11) is 1.70.